The van der Waals surface area contributed by atoms with E-state index in [1.807, 2.05) is 24.4 Å². The Morgan fingerprint density at radius 3 is 2.81 bits per heavy atom. The number of aromatic nitrogens is 3. The van der Waals surface area contributed by atoms with Gasteiger partial charge in [-0.25, -0.2) is 14.1 Å². The number of rotatable bonds is 4. The molecule has 2 heterocycles. The van der Waals surface area contributed by atoms with E-state index in [1.54, 1.807) is 29.2 Å². The van der Waals surface area contributed by atoms with E-state index in [-0.39, 0.29) is 5.02 Å². The quantitative estimate of drug-likeness (QED) is 0.799. The first kappa shape index (κ1) is 13.6. The van der Waals surface area contributed by atoms with Crippen molar-refractivity contribution in [2.45, 2.75) is 6.54 Å². The zero-order valence-electron chi connectivity index (χ0n) is 11.0. The van der Waals surface area contributed by atoms with E-state index in [0.717, 1.165) is 11.5 Å². The van der Waals surface area contributed by atoms with Crippen LogP contribution in [0.4, 0.5) is 10.1 Å². The monoisotopic (exact) mass is 302 g/mol. The topological polar surface area (TPSA) is 42.7 Å². The number of halogens is 2. The Kier molecular flexibility index (Phi) is 3.83. The maximum Gasteiger partial charge on any atom is 0.153 e. The number of pyridine rings is 1. The maximum absolute atomic E-state index is 13.8. The Morgan fingerprint density at radius 2 is 2.10 bits per heavy atom. The Labute approximate surface area is 126 Å². The second-order valence-corrected chi connectivity index (χ2v) is 4.83. The molecule has 3 rings (SSSR count). The van der Waals surface area contributed by atoms with Crippen molar-refractivity contribution in [3.8, 4) is 5.82 Å². The predicted octanol–water partition coefficient (Wildman–Crippen LogP) is 3.67. The molecule has 0 spiro atoms. The summed E-state index contributed by atoms with van der Waals surface area (Å²) in [4.78, 5) is 4.29. The van der Waals surface area contributed by atoms with Crippen LogP contribution in [0.1, 0.15) is 5.56 Å². The highest BCUT2D eigenvalue weighted by Gasteiger charge is 2.06. The SMILES string of the molecule is Fc1c(Cl)cccc1CNc1ccc(-n2cccn2)nc1. The molecule has 0 fully saturated rings. The number of hydrogen-bond donors (Lipinski definition) is 1. The number of nitrogens with zero attached hydrogens (tertiary/aromatic N) is 3. The summed E-state index contributed by atoms with van der Waals surface area (Å²) >= 11 is 5.75. The minimum Gasteiger partial charge on any atom is -0.380 e. The second kappa shape index (κ2) is 5.93. The molecule has 0 bridgehead atoms. The number of anilines is 1. The lowest BCUT2D eigenvalue weighted by Gasteiger charge is -2.08. The molecule has 0 radical (unpaired) electrons. The first-order valence-corrected chi connectivity index (χ1v) is 6.74. The van der Waals surface area contributed by atoms with Crippen LogP contribution in [-0.2, 0) is 6.54 Å². The van der Waals surface area contributed by atoms with Crippen LogP contribution < -0.4 is 5.32 Å². The molecule has 2 aromatic heterocycles. The molecule has 0 saturated carbocycles. The van der Waals surface area contributed by atoms with Crippen LogP contribution in [0.2, 0.25) is 5.02 Å². The van der Waals surface area contributed by atoms with Crippen molar-refractivity contribution < 1.29 is 4.39 Å². The van der Waals surface area contributed by atoms with Crippen molar-refractivity contribution in [1.29, 1.82) is 0 Å². The number of benzene rings is 1. The number of nitrogens with one attached hydrogen (secondary N) is 1. The lowest BCUT2D eigenvalue weighted by atomic mass is 10.2. The van der Waals surface area contributed by atoms with Crippen molar-refractivity contribution in [2.75, 3.05) is 5.32 Å². The zero-order chi connectivity index (χ0) is 14.7. The normalized spacial score (nSPS) is 10.6. The van der Waals surface area contributed by atoms with Crippen molar-refractivity contribution >= 4 is 17.3 Å². The van der Waals surface area contributed by atoms with Gasteiger partial charge in [0, 0.05) is 24.5 Å². The fraction of sp³-hybridized carbons (Fsp3) is 0.0667. The largest absolute Gasteiger partial charge is 0.380 e. The van der Waals surface area contributed by atoms with Gasteiger partial charge in [0.2, 0.25) is 0 Å². The van der Waals surface area contributed by atoms with Crippen LogP contribution in [0.15, 0.2) is 55.0 Å². The Hall–Kier alpha value is -2.40. The molecule has 0 atom stereocenters. The van der Waals surface area contributed by atoms with Gasteiger partial charge in [-0.2, -0.15) is 5.10 Å². The van der Waals surface area contributed by atoms with E-state index in [0.29, 0.717) is 12.1 Å². The molecule has 0 aliphatic heterocycles. The van der Waals surface area contributed by atoms with Gasteiger partial charge in [0.25, 0.3) is 0 Å². The lowest BCUT2D eigenvalue weighted by Crippen LogP contribution is -2.03. The molecule has 1 N–H and O–H groups in total. The van der Waals surface area contributed by atoms with Gasteiger partial charge in [-0.15, -0.1) is 0 Å². The third kappa shape index (κ3) is 3.03. The molecule has 0 amide bonds. The van der Waals surface area contributed by atoms with Gasteiger partial charge in [-0.05, 0) is 24.3 Å². The standard InChI is InChI=1S/C15H12ClFN4/c16-13-4-1-3-11(15(13)17)9-18-12-5-6-14(19-10-12)21-8-2-7-20-21/h1-8,10,18H,9H2. The molecule has 106 valence electrons. The van der Waals surface area contributed by atoms with E-state index >= 15 is 0 Å². The van der Waals surface area contributed by atoms with E-state index in [9.17, 15) is 4.39 Å². The first-order valence-electron chi connectivity index (χ1n) is 6.37. The van der Waals surface area contributed by atoms with Gasteiger partial charge in [-0.3, -0.25) is 0 Å². The summed E-state index contributed by atoms with van der Waals surface area (Å²) in [6, 6.07) is 10.5. The van der Waals surface area contributed by atoms with Crippen molar-refractivity contribution in [3.63, 3.8) is 0 Å². The molecule has 0 aliphatic rings. The molecular weight excluding hydrogens is 291 g/mol. The van der Waals surface area contributed by atoms with Gasteiger partial charge >= 0.3 is 0 Å². The second-order valence-electron chi connectivity index (χ2n) is 4.42. The molecule has 3 aromatic rings. The molecule has 4 nitrogen and oxygen atoms in total. The molecule has 1 aromatic carbocycles. The van der Waals surface area contributed by atoms with E-state index < -0.39 is 5.82 Å². The zero-order valence-corrected chi connectivity index (χ0v) is 11.8. The van der Waals surface area contributed by atoms with E-state index in [1.165, 1.54) is 6.07 Å². The fourth-order valence-corrected chi connectivity index (χ4v) is 2.11. The summed E-state index contributed by atoms with van der Waals surface area (Å²) in [6.45, 7) is 0.342. The summed E-state index contributed by atoms with van der Waals surface area (Å²) in [5.74, 6) is 0.326. The molecule has 21 heavy (non-hydrogen) atoms. The van der Waals surface area contributed by atoms with Crippen LogP contribution in [-0.4, -0.2) is 14.8 Å². The average Bonchev–Trinajstić information content (AvgIpc) is 3.04. The third-order valence-corrected chi connectivity index (χ3v) is 3.29. The smallest absolute Gasteiger partial charge is 0.153 e. The average molecular weight is 303 g/mol. The van der Waals surface area contributed by atoms with Gasteiger partial charge in [-0.1, -0.05) is 23.7 Å². The van der Waals surface area contributed by atoms with Crippen LogP contribution in [0.3, 0.4) is 0 Å². The predicted molar refractivity (Wildman–Crippen MR) is 80.1 cm³/mol. The Bertz CT molecular complexity index is 726. The summed E-state index contributed by atoms with van der Waals surface area (Å²) < 4.78 is 15.4. The maximum atomic E-state index is 13.8. The van der Waals surface area contributed by atoms with Crippen LogP contribution in [0, 0.1) is 5.82 Å². The highest BCUT2D eigenvalue weighted by atomic mass is 35.5. The minimum absolute atomic E-state index is 0.126. The molecule has 0 unspecified atom stereocenters. The molecule has 0 saturated heterocycles. The van der Waals surface area contributed by atoms with Crippen molar-refractivity contribution in [2.24, 2.45) is 0 Å². The highest BCUT2D eigenvalue weighted by molar-refractivity contribution is 6.30. The summed E-state index contributed by atoms with van der Waals surface area (Å²) in [5, 5.41) is 7.34. The molecule has 0 aliphatic carbocycles. The lowest BCUT2D eigenvalue weighted by molar-refractivity contribution is 0.613. The highest BCUT2D eigenvalue weighted by Crippen LogP contribution is 2.19. The van der Waals surface area contributed by atoms with Crippen LogP contribution in [0.25, 0.3) is 5.82 Å². The Balaban J connectivity index is 1.70. The Morgan fingerprint density at radius 1 is 1.19 bits per heavy atom. The van der Waals surface area contributed by atoms with Gasteiger partial charge in [0.05, 0.1) is 16.9 Å². The van der Waals surface area contributed by atoms with Crippen LogP contribution >= 0.6 is 11.6 Å². The van der Waals surface area contributed by atoms with E-state index in [2.05, 4.69) is 15.4 Å². The third-order valence-electron chi connectivity index (χ3n) is 3.00. The van der Waals surface area contributed by atoms with Gasteiger partial charge < -0.3 is 5.32 Å². The summed E-state index contributed by atoms with van der Waals surface area (Å²) in [7, 11) is 0. The molecular formula is C15H12ClFN4. The van der Waals surface area contributed by atoms with Gasteiger partial charge in [0.1, 0.15) is 5.82 Å². The van der Waals surface area contributed by atoms with Crippen LogP contribution in [0.5, 0.6) is 0 Å². The van der Waals surface area contributed by atoms with E-state index in [4.69, 9.17) is 11.6 Å². The minimum atomic E-state index is -0.396. The fourth-order valence-electron chi connectivity index (χ4n) is 1.91. The van der Waals surface area contributed by atoms with Crippen molar-refractivity contribution in [1.82, 2.24) is 14.8 Å². The first-order chi connectivity index (χ1) is 10.2. The number of hydrogen-bond acceptors (Lipinski definition) is 3. The van der Waals surface area contributed by atoms with Gasteiger partial charge in [0.15, 0.2) is 5.82 Å². The molecule has 6 heteroatoms. The van der Waals surface area contributed by atoms with Crippen molar-refractivity contribution in [3.05, 3.63) is 71.4 Å². The summed E-state index contributed by atoms with van der Waals surface area (Å²) in [6.07, 6.45) is 5.19. The summed E-state index contributed by atoms with van der Waals surface area (Å²) in [5.41, 5.74) is 1.31.